The summed E-state index contributed by atoms with van der Waals surface area (Å²) in [7, 11) is 0. The van der Waals surface area contributed by atoms with Crippen molar-refractivity contribution in [3.63, 3.8) is 0 Å². The second kappa shape index (κ2) is 9.60. The first-order chi connectivity index (χ1) is 15.9. The van der Waals surface area contributed by atoms with E-state index in [2.05, 4.69) is 10.6 Å². The van der Waals surface area contributed by atoms with Crippen molar-refractivity contribution in [3.8, 4) is 0 Å². The van der Waals surface area contributed by atoms with E-state index in [4.69, 9.17) is 0 Å². The maximum absolute atomic E-state index is 14.2. The fourth-order valence-electron chi connectivity index (χ4n) is 3.76. The second-order valence-electron chi connectivity index (χ2n) is 7.71. The van der Waals surface area contributed by atoms with Gasteiger partial charge in [-0.2, -0.15) is 0 Å². The Morgan fingerprint density at radius 2 is 1.61 bits per heavy atom. The SMILES string of the molecule is O=C(NC(C(=O)Nc1ccccc1)c1ccccc1)C1CC(=O)N(c2ccc(F)cc2F)C1. The van der Waals surface area contributed by atoms with Crippen molar-refractivity contribution >= 4 is 29.1 Å². The maximum Gasteiger partial charge on any atom is 0.251 e. The van der Waals surface area contributed by atoms with E-state index < -0.39 is 41.3 Å². The van der Waals surface area contributed by atoms with Gasteiger partial charge in [0.15, 0.2) is 0 Å². The topological polar surface area (TPSA) is 78.5 Å². The van der Waals surface area contributed by atoms with E-state index in [1.807, 2.05) is 6.07 Å². The Bertz CT molecular complexity index is 1170. The van der Waals surface area contributed by atoms with Crippen molar-refractivity contribution in [1.82, 2.24) is 5.32 Å². The zero-order valence-corrected chi connectivity index (χ0v) is 17.5. The largest absolute Gasteiger partial charge is 0.340 e. The molecule has 0 bridgehead atoms. The third-order valence-corrected chi connectivity index (χ3v) is 5.42. The van der Waals surface area contributed by atoms with Crippen LogP contribution in [0.1, 0.15) is 18.0 Å². The van der Waals surface area contributed by atoms with Crippen molar-refractivity contribution < 1.29 is 23.2 Å². The Kier molecular flexibility index (Phi) is 6.44. The normalized spacial score (nSPS) is 16.4. The number of rotatable bonds is 6. The molecule has 2 N–H and O–H groups in total. The van der Waals surface area contributed by atoms with Crippen LogP contribution in [0, 0.1) is 17.6 Å². The molecule has 1 aliphatic heterocycles. The molecule has 168 valence electrons. The van der Waals surface area contributed by atoms with Crippen LogP contribution in [-0.2, 0) is 14.4 Å². The number of anilines is 2. The zero-order chi connectivity index (χ0) is 23.4. The first-order valence-corrected chi connectivity index (χ1v) is 10.4. The molecule has 1 saturated heterocycles. The molecule has 2 atom stereocenters. The van der Waals surface area contributed by atoms with E-state index in [0.717, 1.165) is 11.0 Å². The van der Waals surface area contributed by atoms with Gasteiger partial charge in [-0.25, -0.2) is 8.78 Å². The molecule has 0 aromatic heterocycles. The number of nitrogens with zero attached hydrogens (tertiary/aromatic N) is 1. The molecule has 4 rings (SSSR count). The molecule has 2 unspecified atom stereocenters. The predicted molar refractivity (Wildman–Crippen MR) is 119 cm³/mol. The summed E-state index contributed by atoms with van der Waals surface area (Å²) in [5.41, 5.74) is 1.06. The first-order valence-electron chi connectivity index (χ1n) is 10.4. The molecule has 0 saturated carbocycles. The highest BCUT2D eigenvalue weighted by Crippen LogP contribution is 2.28. The molecule has 1 fully saturated rings. The Morgan fingerprint density at radius 1 is 0.939 bits per heavy atom. The number of hydrogen-bond acceptors (Lipinski definition) is 3. The number of amides is 3. The number of halogens is 2. The molecular weight excluding hydrogens is 428 g/mol. The van der Waals surface area contributed by atoms with Gasteiger partial charge in [-0.1, -0.05) is 48.5 Å². The van der Waals surface area contributed by atoms with E-state index >= 15 is 0 Å². The molecular formula is C25H21F2N3O3. The Morgan fingerprint density at radius 3 is 2.27 bits per heavy atom. The third-order valence-electron chi connectivity index (χ3n) is 5.42. The summed E-state index contributed by atoms with van der Waals surface area (Å²) < 4.78 is 27.4. The molecule has 0 aliphatic carbocycles. The van der Waals surface area contributed by atoms with Crippen LogP contribution in [0.3, 0.4) is 0 Å². The lowest BCUT2D eigenvalue weighted by molar-refractivity contribution is -0.129. The quantitative estimate of drug-likeness (QED) is 0.601. The van der Waals surface area contributed by atoms with Gasteiger partial charge in [0.1, 0.15) is 17.7 Å². The Labute approximate surface area is 189 Å². The van der Waals surface area contributed by atoms with Crippen LogP contribution >= 0.6 is 0 Å². The monoisotopic (exact) mass is 449 g/mol. The highest BCUT2D eigenvalue weighted by atomic mass is 19.1. The van der Waals surface area contributed by atoms with Crippen LogP contribution in [0.5, 0.6) is 0 Å². The van der Waals surface area contributed by atoms with E-state index in [-0.39, 0.29) is 18.7 Å². The highest BCUT2D eigenvalue weighted by molar-refractivity contribution is 6.02. The molecule has 0 radical (unpaired) electrons. The van der Waals surface area contributed by atoms with E-state index in [9.17, 15) is 23.2 Å². The predicted octanol–water partition coefficient (Wildman–Crippen LogP) is 3.81. The summed E-state index contributed by atoms with van der Waals surface area (Å²) in [6.07, 6.45) is -0.148. The summed E-state index contributed by atoms with van der Waals surface area (Å²) in [6.45, 7) is -0.0744. The highest BCUT2D eigenvalue weighted by Gasteiger charge is 2.37. The molecule has 3 amide bonds. The Balaban J connectivity index is 1.51. The van der Waals surface area contributed by atoms with Crippen LogP contribution in [-0.4, -0.2) is 24.3 Å². The van der Waals surface area contributed by atoms with Gasteiger partial charge in [-0.3, -0.25) is 14.4 Å². The maximum atomic E-state index is 14.2. The lowest BCUT2D eigenvalue weighted by Gasteiger charge is -2.21. The van der Waals surface area contributed by atoms with Crippen molar-refractivity contribution in [2.45, 2.75) is 12.5 Å². The average Bonchev–Trinajstić information content (AvgIpc) is 3.20. The Hall–Kier alpha value is -4.07. The number of carbonyl (C=O) groups is 3. The van der Waals surface area contributed by atoms with Gasteiger partial charge in [-0.15, -0.1) is 0 Å². The molecule has 6 nitrogen and oxygen atoms in total. The fourth-order valence-corrected chi connectivity index (χ4v) is 3.76. The van der Waals surface area contributed by atoms with Crippen molar-refractivity contribution in [2.75, 3.05) is 16.8 Å². The van der Waals surface area contributed by atoms with E-state index in [1.54, 1.807) is 54.6 Å². The summed E-state index contributed by atoms with van der Waals surface area (Å²) in [5.74, 6) is -3.83. The molecule has 3 aromatic carbocycles. The van der Waals surface area contributed by atoms with Crippen LogP contribution < -0.4 is 15.5 Å². The van der Waals surface area contributed by atoms with Gasteiger partial charge >= 0.3 is 0 Å². The minimum atomic E-state index is -0.995. The van der Waals surface area contributed by atoms with Crippen LogP contribution in [0.25, 0.3) is 0 Å². The third kappa shape index (κ3) is 5.06. The van der Waals surface area contributed by atoms with Crippen molar-refractivity contribution in [3.05, 3.63) is 96.1 Å². The number of nitrogens with one attached hydrogen (secondary N) is 2. The van der Waals surface area contributed by atoms with Crippen molar-refractivity contribution in [2.24, 2.45) is 5.92 Å². The summed E-state index contributed by atoms with van der Waals surface area (Å²) in [6, 6.07) is 19.5. The van der Waals surface area contributed by atoms with Gasteiger partial charge in [-0.05, 0) is 29.8 Å². The molecule has 1 aliphatic rings. The molecule has 8 heteroatoms. The minimum Gasteiger partial charge on any atom is -0.340 e. The number of benzene rings is 3. The smallest absolute Gasteiger partial charge is 0.251 e. The van der Waals surface area contributed by atoms with Gasteiger partial charge in [0.05, 0.1) is 11.6 Å². The molecule has 1 heterocycles. The number of hydrogen-bond donors (Lipinski definition) is 2. The first kappa shape index (κ1) is 22.1. The van der Waals surface area contributed by atoms with Gasteiger partial charge in [0, 0.05) is 24.7 Å². The zero-order valence-electron chi connectivity index (χ0n) is 17.5. The fraction of sp³-hybridized carbons (Fsp3) is 0.160. The lowest BCUT2D eigenvalue weighted by atomic mass is 10.0. The standard InChI is InChI=1S/C25H21F2N3O3/c26-18-11-12-21(20(27)14-18)30-15-17(13-22(30)31)24(32)29-23(16-7-3-1-4-8-16)25(33)28-19-9-5-2-6-10-19/h1-12,14,17,23H,13,15H2,(H,28,33)(H,29,32). The average molecular weight is 449 g/mol. The number of carbonyl (C=O) groups excluding carboxylic acids is 3. The summed E-state index contributed by atoms with van der Waals surface area (Å²) in [4.78, 5) is 39.6. The van der Waals surface area contributed by atoms with Gasteiger partial charge in [0.2, 0.25) is 11.8 Å². The molecule has 33 heavy (non-hydrogen) atoms. The molecule has 3 aromatic rings. The van der Waals surface area contributed by atoms with Gasteiger partial charge < -0.3 is 15.5 Å². The van der Waals surface area contributed by atoms with Crippen LogP contribution in [0.15, 0.2) is 78.9 Å². The van der Waals surface area contributed by atoms with Crippen molar-refractivity contribution in [1.29, 1.82) is 0 Å². The van der Waals surface area contributed by atoms with E-state index in [0.29, 0.717) is 17.3 Å². The minimum absolute atomic E-state index is 0.0744. The van der Waals surface area contributed by atoms with Crippen LogP contribution in [0.2, 0.25) is 0 Å². The summed E-state index contributed by atoms with van der Waals surface area (Å²) >= 11 is 0. The lowest BCUT2D eigenvalue weighted by Crippen LogP contribution is -2.40. The number of para-hydroxylation sites is 1. The van der Waals surface area contributed by atoms with Crippen LogP contribution in [0.4, 0.5) is 20.2 Å². The summed E-state index contributed by atoms with van der Waals surface area (Å²) in [5, 5.41) is 5.50. The van der Waals surface area contributed by atoms with Gasteiger partial charge in [0.25, 0.3) is 5.91 Å². The van der Waals surface area contributed by atoms with E-state index in [1.165, 1.54) is 6.07 Å². The second-order valence-corrected chi connectivity index (χ2v) is 7.71. The molecule has 0 spiro atoms.